The Morgan fingerprint density at radius 2 is 1.93 bits per heavy atom. The van der Waals surface area contributed by atoms with Crippen LogP contribution in [0.25, 0.3) is 0 Å². The summed E-state index contributed by atoms with van der Waals surface area (Å²) in [5.41, 5.74) is 0. The van der Waals surface area contributed by atoms with Crippen LogP contribution in [0.1, 0.15) is 0 Å². The van der Waals surface area contributed by atoms with Crippen molar-refractivity contribution in [3.63, 3.8) is 0 Å². The summed E-state index contributed by atoms with van der Waals surface area (Å²) in [6.45, 7) is -3.26. The summed E-state index contributed by atoms with van der Waals surface area (Å²) in [5.74, 6) is -2.07. The van der Waals surface area contributed by atoms with E-state index in [1.54, 1.807) is 0 Å². The van der Waals surface area contributed by atoms with E-state index in [0.717, 1.165) is 18.2 Å². The summed E-state index contributed by atoms with van der Waals surface area (Å²) < 4.78 is 62.2. The van der Waals surface area contributed by atoms with Gasteiger partial charge in [0.05, 0.1) is 0 Å². The third-order valence-corrected chi connectivity index (χ3v) is 2.74. The van der Waals surface area contributed by atoms with E-state index in [1.165, 1.54) is 0 Å². The standard InChI is InChI=1S/C7H4ClF3O3S/c8-15(12,13)6-4(9)2-1-3-5(6)14-7(10)11/h1-3,7H. The van der Waals surface area contributed by atoms with Crippen molar-refractivity contribution in [1.29, 1.82) is 0 Å². The van der Waals surface area contributed by atoms with Crippen LogP contribution < -0.4 is 4.74 Å². The van der Waals surface area contributed by atoms with Crippen molar-refractivity contribution in [1.82, 2.24) is 0 Å². The lowest BCUT2D eigenvalue weighted by molar-refractivity contribution is -0.0520. The first-order chi connectivity index (χ1) is 6.82. The first-order valence-electron chi connectivity index (χ1n) is 3.50. The second kappa shape index (κ2) is 4.28. The topological polar surface area (TPSA) is 43.4 Å². The smallest absolute Gasteiger partial charge is 0.387 e. The molecule has 84 valence electrons. The van der Waals surface area contributed by atoms with Crippen LogP contribution in [0.2, 0.25) is 0 Å². The Morgan fingerprint density at radius 3 is 2.40 bits per heavy atom. The van der Waals surface area contributed by atoms with E-state index in [1.807, 2.05) is 0 Å². The minimum Gasteiger partial charge on any atom is -0.433 e. The highest BCUT2D eigenvalue weighted by molar-refractivity contribution is 8.13. The van der Waals surface area contributed by atoms with E-state index in [2.05, 4.69) is 4.74 Å². The van der Waals surface area contributed by atoms with Gasteiger partial charge in [-0.25, -0.2) is 12.8 Å². The van der Waals surface area contributed by atoms with E-state index >= 15 is 0 Å². The zero-order chi connectivity index (χ0) is 11.6. The third-order valence-electron chi connectivity index (χ3n) is 1.39. The molecule has 0 aromatic heterocycles. The van der Waals surface area contributed by atoms with E-state index in [0.29, 0.717) is 0 Å². The quantitative estimate of drug-likeness (QED) is 0.784. The van der Waals surface area contributed by atoms with Gasteiger partial charge in [-0.15, -0.1) is 0 Å². The first-order valence-corrected chi connectivity index (χ1v) is 5.81. The van der Waals surface area contributed by atoms with Gasteiger partial charge >= 0.3 is 6.61 Å². The van der Waals surface area contributed by atoms with E-state index in [9.17, 15) is 21.6 Å². The third kappa shape index (κ3) is 3.00. The molecule has 0 bridgehead atoms. The maximum absolute atomic E-state index is 13.0. The number of halogens is 4. The molecule has 0 saturated heterocycles. The van der Waals surface area contributed by atoms with Crippen LogP contribution in [0, 0.1) is 5.82 Å². The fraction of sp³-hybridized carbons (Fsp3) is 0.143. The second-order valence-electron chi connectivity index (χ2n) is 2.38. The van der Waals surface area contributed by atoms with Crippen LogP contribution >= 0.6 is 10.7 Å². The summed E-state index contributed by atoms with van der Waals surface area (Å²) in [5, 5.41) is 0. The summed E-state index contributed by atoms with van der Waals surface area (Å²) >= 11 is 0. The predicted octanol–water partition coefficient (Wildman–Crippen LogP) is 2.35. The van der Waals surface area contributed by atoms with Crippen LogP contribution in [0.15, 0.2) is 23.1 Å². The van der Waals surface area contributed by atoms with Crippen LogP contribution in [0.3, 0.4) is 0 Å². The van der Waals surface area contributed by atoms with Gasteiger partial charge in [0.25, 0.3) is 9.05 Å². The van der Waals surface area contributed by atoms with Crippen molar-refractivity contribution >= 4 is 19.7 Å². The van der Waals surface area contributed by atoms with Crippen LogP contribution in [-0.2, 0) is 9.05 Å². The molecule has 15 heavy (non-hydrogen) atoms. The van der Waals surface area contributed by atoms with Crippen molar-refractivity contribution in [2.75, 3.05) is 0 Å². The molecule has 0 heterocycles. The minimum atomic E-state index is -4.47. The molecule has 0 radical (unpaired) electrons. The average Bonchev–Trinajstić information content (AvgIpc) is 1.99. The number of hydrogen-bond acceptors (Lipinski definition) is 3. The molecular weight excluding hydrogens is 257 g/mol. The van der Waals surface area contributed by atoms with Gasteiger partial charge in [0.15, 0.2) is 4.90 Å². The number of rotatable bonds is 3. The number of benzene rings is 1. The molecule has 0 saturated carbocycles. The lowest BCUT2D eigenvalue weighted by Crippen LogP contribution is -2.07. The Bertz CT molecular complexity index is 461. The Labute approximate surface area is 87.8 Å². The lowest BCUT2D eigenvalue weighted by atomic mass is 10.3. The van der Waals surface area contributed by atoms with E-state index in [-0.39, 0.29) is 0 Å². The SMILES string of the molecule is O=S(=O)(Cl)c1c(F)cccc1OC(F)F. The van der Waals surface area contributed by atoms with Crippen LogP contribution in [0.5, 0.6) is 5.75 Å². The molecule has 0 aliphatic heterocycles. The molecule has 0 fully saturated rings. The van der Waals surface area contributed by atoms with Crippen LogP contribution in [0.4, 0.5) is 13.2 Å². The Morgan fingerprint density at radius 1 is 1.33 bits per heavy atom. The van der Waals surface area contributed by atoms with Gasteiger partial charge in [0.2, 0.25) is 0 Å². The Kier molecular flexibility index (Phi) is 3.46. The maximum atomic E-state index is 13.0. The van der Waals surface area contributed by atoms with Crippen molar-refractivity contribution in [3.8, 4) is 5.75 Å². The molecule has 0 amide bonds. The van der Waals surface area contributed by atoms with Gasteiger partial charge in [-0.1, -0.05) is 6.07 Å². The summed E-state index contributed by atoms with van der Waals surface area (Å²) in [6, 6.07) is 2.68. The normalized spacial score (nSPS) is 11.8. The van der Waals surface area contributed by atoms with Crippen molar-refractivity contribution in [3.05, 3.63) is 24.0 Å². The maximum Gasteiger partial charge on any atom is 0.387 e. The van der Waals surface area contributed by atoms with Gasteiger partial charge in [-0.2, -0.15) is 8.78 Å². The highest BCUT2D eigenvalue weighted by atomic mass is 35.7. The van der Waals surface area contributed by atoms with Crippen molar-refractivity contribution in [2.45, 2.75) is 11.5 Å². The minimum absolute atomic E-state index is 0.771. The molecule has 0 spiro atoms. The summed E-state index contributed by atoms with van der Waals surface area (Å²) in [7, 11) is 0.389. The van der Waals surface area contributed by atoms with Gasteiger partial charge in [-0.05, 0) is 12.1 Å². The molecule has 1 aromatic carbocycles. The van der Waals surface area contributed by atoms with E-state index in [4.69, 9.17) is 10.7 Å². The van der Waals surface area contributed by atoms with Gasteiger partial charge in [0.1, 0.15) is 11.6 Å². The molecule has 8 heteroatoms. The largest absolute Gasteiger partial charge is 0.433 e. The average molecular weight is 261 g/mol. The monoisotopic (exact) mass is 260 g/mol. The molecule has 3 nitrogen and oxygen atoms in total. The molecule has 0 aliphatic rings. The molecule has 1 rings (SSSR count). The molecule has 0 N–H and O–H groups in total. The summed E-state index contributed by atoms with van der Waals surface area (Å²) in [6.07, 6.45) is 0. The zero-order valence-electron chi connectivity index (χ0n) is 6.95. The number of alkyl halides is 2. The highest BCUT2D eigenvalue weighted by Gasteiger charge is 2.23. The fourth-order valence-corrected chi connectivity index (χ4v) is 2.02. The molecule has 0 aliphatic carbocycles. The van der Waals surface area contributed by atoms with E-state index < -0.39 is 32.1 Å². The molecule has 0 unspecified atom stereocenters. The highest BCUT2D eigenvalue weighted by Crippen LogP contribution is 2.30. The Hall–Kier alpha value is -0.950. The summed E-state index contributed by atoms with van der Waals surface area (Å²) in [4.78, 5) is -1.09. The van der Waals surface area contributed by atoms with Gasteiger partial charge in [-0.3, -0.25) is 0 Å². The molecule has 1 aromatic rings. The fourth-order valence-electron chi connectivity index (χ4n) is 0.914. The second-order valence-corrected chi connectivity index (χ2v) is 4.89. The van der Waals surface area contributed by atoms with Gasteiger partial charge < -0.3 is 4.74 Å². The predicted molar refractivity (Wildman–Crippen MR) is 46.1 cm³/mol. The van der Waals surface area contributed by atoms with Crippen LogP contribution in [-0.4, -0.2) is 15.0 Å². The zero-order valence-corrected chi connectivity index (χ0v) is 8.53. The van der Waals surface area contributed by atoms with Crippen molar-refractivity contribution in [2.24, 2.45) is 0 Å². The molecular formula is C7H4ClF3O3S. The number of hydrogen-bond donors (Lipinski definition) is 0. The first kappa shape index (κ1) is 12.1. The van der Waals surface area contributed by atoms with Crippen molar-refractivity contribution < 1.29 is 26.3 Å². The Balaban J connectivity index is 3.34. The number of ether oxygens (including phenoxy) is 1. The molecule has 0 atom stereocenters. The lowest BCUT2D eigenvalue weighted by Gasteiger charge is -2.08. The van der Waals surface area contributed by atoms with Gasteiger partial charge in [0, 0.05) is 10.7 Å².